The highest BCUT2D eigenvalue weighted by atomic mass is 16.2. The van der Waals surface area contributed by atoms with Gasteiger partial charge in [-0.2, -0.15) is 0 Å². The summed E-state index contributed by atoms with van der Waals surface area (Å²) in [4.78, 5) is 0. The second-order valence-electron chi connectivity index (χ2n) is 0.736. The van der Waals surface area contributed by atoms with Crippen LogP contribution in [0.4, 0.5) is 0 Å². The van der Waals surface area contributed by atoms with Crippen LogP contribution in [0.2, 0.25) is 0 Å². The van der Waals surface area contributed by atoms with E-state index in [0.29, 0.717) is 0 Å². The van der Waals surface area contributed by atoms with Crippen LogP contribution in [-0.2, 0) is 0 Å². The van der Waals surface area contributed by atoms with Crippen LogP contribution in [0.25, 0.3) is 0 Å². The molecule has 0 spiro atoms. The molecule has 0 atom stereocenters. The Labute approximate surface area is 37.5 Å². The summed E-state index contributed by atoms with van der Waals surface area (Å²) in [6.45, 7) is -1.01. The van der Waals surface area contributed by atoms with Gasteiger partial charge in [-0.3, -0.25) is 0 Å². The molecule has 0 saturated heterocycles. The summed E-state index contributed by atoms with van der Waals surface area (Å²) in [5.41, 5.74) is 0. The molecule has 0 bridgehead atoms. The van der Waals surface area contributed by atoms with E-state index in [-0.39, 0.29) is 0 Å². The third kappa shape index (κ3) is 1.46. The lowest BCUT2D eigenvalue weighted by Gasteiger charge is -1.72. The third-order valence-corrected chi connectivity index (χ3v) is 0.316. The summed E-state index contributed by atoms with van der Waals surface area (Å²) in [6, 6.07) is 0. The molecule has 0 rings (SSSR count). The Balaban J connectivity index is 3.40. The van der Waals surface area contributed by atoms with Crippen molar-refractivity contribution in [2.75, 3.05) is 0 Å². The zero-order valence-electron chi connectivity index (χ0n) is 3.18. The highest BCUT2D eigenvalue weighted by Gasteiger charge is 1.95. The monoisotopic (exact) mass is 78.0 g/mol. The normalized spacial score (nSPS) is 5.17. The molecule has 0 radical (unpaired) electrons. The highest BCUT2D eigenvalue weighted by molar-refractivity contribution is 6.68. The van der Waals surface area contributed by atoms with Crippen molar-refractivity contribution in [1.29, 1.82) is 0 Å². The molecule has 0 aromatic rings. The van der Waals surface area contributed by atoms with E-state index >= 15 is 0 Å². The van der Waals surface area contributed by atoms with Gasteiger partial charge in [-0.15, -0.1) is 24.5 Å². The van der Waals surface area contributed by atoms with Crippen molar-refractivity contribution in [1.82, 2.24) is 0 Å². The van der Waals surface area contributed by atoms with Gasteiger partial charge < -0.3 is 5.02 Å². The fourth-order valence-corrected chi connectivity index (χ4v) is 0.0481. The van der Waals surface area contributed by atoms with Crippen LogP contribution < -0.4 is 0 Å². The average Bonchev–Trinajstić information content (AvgIpc) is 1.65. The minimum atomic E-state index is -1.01. The molecular weight excluding hydrogens is 74.9 g/mol. The largest absolute Gasteiger partial charge is 0.465 e. The predicted octanol–water partition coefficient (Wildman–Crippen LogP) is -0.685. The summed E-state index contributed by atoms with van der Waals surface area (Å²) in [7, 11) is 0. The van der Waals surface area contributed by atoms with E-state index in [2.05, 4.69) is 12.8 Å². The molecule has 0 aliphatic heterocycles. The molecule has 28 valence electrons. The van der Waals surface area contributed by atoms with E-state index in [0.717, 1.165) is 0 Å². The first-order valence-electron chi connectivity index (χ1n) is 1.41. The Morgan fingerprint density at radius 1 is 1.33 bits per heavy atom. The van der Waals surface area contributed by atoms with Crippen LogP contribution in [0.5, 0.6) is 0 Å². The molecule has 0 aliphatic rings. The summed E-state index contributed by atoms with van der Waals surface area (Å²) in [6.07, 6.45) is 9.28. The zero-order valence-corrected chi connectivity index (χ0v) is 3.18. The molecular formula is C4H3BO. The minimum absolute atomic E-state index is 1.01. The van der Waals surface area contributed by atoms with Crippen molar-refractivity contribution in [2.45, 2.75) is 0 Å². The van der Waals surface area contributed by atoms with Gasteiger partial charge >= 0.3 is 6.92 Å². The Hall–Kier alpha value is -0.855. The summed E-state index contributed by atoms with van der Waals surface area (Å²) < 4.78 is 0. The first-order valence-corrected chi connectivity index (χ1v) is 1.41. The van der Waals surface area contributed by atoms with Gasteiger partial charge in [-0.1, -0.05) is 0 Å². The fourth-order valence-electron chi connectivity index (χ4n) is 0.0481. The van der Waals surface area contributed by atoms with Gasteiger partial charge in [0.1, 0.15) is 0 Å². The molecule has 0 unspecified atom stereocenters. The van der Waals surface area contributed by atoms with Crippen LogP contribution in [0.15, 0.2) is 0 Å². The molecule has 0 aliphatic carbocycles. The van der Waals surface area contributed by atoms with Crippen molar-refractivity contribution in [3.05, 3.63) is 0 Å². The van der Waals surface area contributed by atoms with E-state index in [4.69, 9.17) is 5.02 Å². The second kappa shape index (κ2) is 2.39. The molecule has 0 saturated carbocycles. The van der Waals surface area contributed by atoms with Crippen LogP contribution in [-0.4, -0.2) is 11.9 Å². The molecule has 1 nitrogen and oxygen atoms in total. The van der Waals surface area contributed by atoms with Gasteiger partial charge in [0.15, 0.2) is 0 Å². The first-order chi connectivity index (χ1) is 2.81. The Morgan fingerprint density at radius 3 is 1.67 bits per heavy atom. The van der Waals surface area contributed by atoms with Crippen LogP contribution in [0, 0.1) is 24.5 Å². The second-order valence-corrected chi connectivity index (χ2v) is 0.736. The highest BCUT2D eigenvalue weighted by Crippen LogP contribution is 1.60. The van der Waals surface area contributed by atoms with E-state index in [9.17, 15) is 0 Å². The van der Waals surface area contributed by atoms with Gasteiger partial charge in [0.05, 0.1) is 0 Å². The standard InChI is InChI=1S/C4H3BO/c1-3-5(6)4-2/h1-2,6H. The van der Waals surface area contributed by atoms with Crippen molar-refractivity contribution >= 4 is 6.92 Å². The summed E-state index contributed by atoms with van der Waals surface area (Å²) >= 11 is 0. The molecule has 6 heavy (non-hydrogen) atoms. The lowest BCUT2D eigenvalue weighted by atomic mass is 9.72. The van der Waals surface area contributed by atoms with E-state index in [1.807, 2.05) is 11.6 Å². The summed E-state index contributed by atoms with van der Waals surface area (Å²) in [5, 5.41) is 8.19. The number of rotatable bonds is 0. The quantitative estimate of drug-likeness (QED) is 0.300. The Morgan fingerprint density at radius 2 is 1.67 bits per heavy atom. The van der Waals surface area contributed by atoms with Crippen molar-refractivity contribution in [2.24, 2.45) is 0 Å². The van der Waals surface area contributed by atoms with Crippen LogP contribution in [0.3, 0.4) is 0 Å². The molecule has 0 amide bonds. The molecule has 0 heterocycles. The van der Waals surface area contributed by atoms with Gasteiger partial charge in [-0.05, 0) is 0 Å². The Kier molecular flexibility index (Phi) is 2.05. The van der Waals surface area contributed by atoms with Gasteiger partial charge in [0.25, 0.3) is 0 Å². The molecule has 0 aromatic heterocycles. The lowest BCUT2D eigenvalue weighted by molar-refractivity contribution is 0.603. The van der Waals surface area contributed by atoms with Gasteiger partial charge in [-0.25, -0.2) is 0 Å². The fraction of sp³-hybridized carbons (Fsp3) is 0. The van der Waals surface area contributed by atoms with Crippen molar-refractivity contribution < 1.29 is 5.02 Å². The van der Waals surface area contributed by atoms with Crippen molar-refractivity contribution in [3.63, 3.8) is 0 Å². The van der Waals surface area contributed by atoms with Crippen LogP contribution >= 0.6 is 0 Å². The van der Waals surface area contributed by atoms with E-state index in [1.165, 1.54) is 0 Å². The van der Waals surface area contributed by atoms with Gasteiger partial charge in [0, 0.05) is 0 Å². The predicted molar refractivity (Wildman–Crippen MR) is 25.6 cm³/mol. The topological polar surface area (TPSA) is 20.2 Å². The first kappa shape index (κ1) is 5.14. The smallest absolute Gasteiger partial charge is 0.430 e. The molecule has 1 N–H and O–H groups in total. The SMILES string of the molecule is C#CB(O)C#C. The zero-order chi connectivity index (χ0) is 4.99. The third-order valence-electron chi connectivity index (χ3n) is 0.316. The number of terminal acetylenes is 2. The number of hydrogen-bond donors (Lipinski definition) is 1. The average molecular weight is 77.9 g/mol. The van der Waals surface area contributed by atoms with E-state index in [1.54, 1.807) is 0 Å². The minimum Gasteiger partial charge on any atom is -0.430 e. The maximum Gasteiger partial charge on any atom is 0.465 e. The van der Waals surface area contributed by atoms with E-state index < -0.39 is 6.92 Å². The van der Waals surface area contributed by atoms with Crippen LogP contribution in [0.1, 0.15) is 0 Å². The molecule has 0 aromatic carbocycles. The summed E-state index contributed by atoms with van der Waals surface area (Å²) in [5.74, 6) is 3.87. The Bertz CT molecular complexity index is 91.7. The maximum absolute atomic E-state index is 8.19. The van der Waals surface area contributed by atoms with Crippen molar-refractivity contribution in [3.8, 4) is 24.5 Å². The molecule has 2 heteroatoms. The molecule has 0 fully saturated rings. The number of hydrogen-bond acceptors (Lipinski definition) is 1. The maximum atomic E-state index is 8.19. The lowest BCUT2D eigenvalue weighted by Crippen LogP contribution is -2.03. The van der Waals surface area contributed by atoms with Gasteiger partial charge in [0.2, 0.25) is 0 Å².